The first-order chi connectivity index (χ1) is 17.0. The summed E-state index contributed by atoms with van der Waals surface area (Å²) in [7, 11) is -3.86. The lowest BCUT2D eigenvalue weighted by atomic mass is 10.1. The van der Waals surface area contributed by atoms with Crippen LogP contribution < -0.4 is 19.1 Å². The molecule has 1 aliphatic heterocycles. The first kappa shape index (κ1) is 27.6. The zero-order chi connectivity index (χ0) is 26.5. The number of sulfonamides is 1. The molecular formula is C25H32ClN3O6S. The predicted molar refractivity (Wildman–Crippen MR) is 139 cm³/mol. The number of halogens is 1. The second-order valence-corrected chi connectivity index (χ2v) is 11.3. The summed E-state index contributed by atoms with van der Waals surface area (Å²) in [6.07, 6.45) is 1.36. The van der Waals surface area contributed by atoms with Crippen molar-refractivity contribution in [1.29, 1.82) is 0 Å². The highest BCUT2D eigenvalue weighted by Gasteiger charge is 2.32. The van der Waals surface area contributed by atoms with Crippen LogP contribution in [0.2, 0.25) is 5.02 Å². The molecule has 2 amide bonds. The van der Waals surface area contributed by atoms with E-state index >= 15 is 0 Å². The van der Waals surface area contributed by atoms with Gasteiger partial charge in [0.05, 0.1) is 11.9 Å². The third-order valence-corrected chi connectivity index (χ3v) is 7.20. The summed E-state index contributed by atoms with van der Waals surface area (Å²) in [4.78, 5) is 28.2. The van der Waals surface area contributed by atoms with Gasteiger partial charge in [0.2, 0.25) is 28.6 Å². The number of ether oxygens (including phenoxy) is 2. The van der Waals surface area contributed by atoms with Crippen LogP contribution in [0.1, 0.15) is 32.8 Å². The fraction of sp³-hybridized carbons (Fsp3) is 0.440. The van der Waals surface area contributed by atoms with Crippen LogP contribution in [-0.2, 0) is 26.2 Å². The highest BCUT2D eigenvalue weighted by Crippen LogP contribution is 2.36. The van der Waals surface area contributed by atoms with Gasteiger partial charge in [-0.15, -0.1) is 0 Å². The first-order valence-corrected chi connectivity index (χ1v) is 13.9. The number of rotatable bonds is 11. The number of anilines is 1. The van der Waals surface area contributed by atoms with E-state index in [2.05, 4.69) is 5.32 Å². The molecule has 3 rings (SSSR count). The lowest BCUT2D eigenvalue weighted by Crippen LogP contribution is -2.52. The van der Waals surface area contributed by atoms with E-state index in [4.69, 9.17) is 21.1 Å². The molecule has 0 bridgehead atoms. The third kappa shape index (κ3) is 6.82. The number of benzene rings is 2. The molecule has 2 aromatic rings. The van der Waals surface area contributed by atoms with E-state index in [1.807, 2.05) is 13.8 Å². The van der Waals surface area contributed by atoms with E-state index < -0.39 is 28.5 Å². The molecule has 0 saturated carbocycles. The van der Waals surface area contributed by atoms with Gasteiger partial charge in [0.15, 0.2) is 11.5 Å². The number of fused-ring (bicyclic) bond motifs is 1. The highest BCUT2D eigenvalue weighted by molar-refractivity contribution is 7.92. The van der Waals surface area contributed by atoms with E-state index in [9.17, 15) is 18.0 Å². The number of hydrogen-bond donors (Lipinski definition) is 1. The van der Waals surface area contributed by atoms with Gasteiger partial charge < -0.3 is 19.7 Å². The molecule has 0 unspecified atom stereocenters. The zero-order valence-electron chi connectivity index (χ0n) is 20.9. The van der Waals surface area contributed by atoms with E-state index in [0.717, 1.165) is 10.6 Å². The van der Waals surface area contributed by atoms with Crippen molar-refractivity contribution in [1.82, 2.24) is 10.2 Å². The van der Waals surface area contributed by atoms with Gasteiger partial charge in [0.1, 0.15) is 12.6 Å². The second-order valence-electron chi connectivity index (χ2n) is 8.98. The lowest BCUT2D eigenvalue weighted by molar-refractivity contribution is -0.140. The minimum atomic E-state index is -3.86. The summed E-state index contributed by atoms with van der Waals surface area (Å²) >= 11 is 6.36. The minimum Gasteiger partial charge on any atom is -0.454 e. The number of hydrogen-bond acceptors (Lipinski definition) is 6. The number of carbonyl (C=O) groups excluding carboxylic acids is 2. The van der Waals surface area contributed by atoms with Crippen molar-refractivity contribution in [3.05, 3.63) is 53.1 Å². The molecule has 9 nitrogen and oxygen atoms in total. The molecule has 196 valence electrons. The van der Waals surface area contributed by atoms with Crippen molar-refractivity contribution in [3.8, 4) is 11.5 Å². The van der Waals surface area contributed by atoms with Gasteiger partial charge >= 0.3 is 0 Å². The van der Waals surface area contributed by atoms with Gasteiger partial charge in [0, 0.05) is 24.2 Å². The van der Waals surface area contributed by atoms with E-state index in [-0.39, 0.29) is 30.9 Å². The largest absolute Gasteiger partial charge is 0.454 e. The topological polar surface area (TPSA) is 105 Å². The van der Waals surface area contributed by atoms with Crippen molar-refractivity contribution in [2.45, 2.75) is 39.8 Å². The van der Waals surface area contributed by atoms with Gasteiger partial charge in [-0.05, 0) is 36.1 Å². The quantitative estimate of drug-likeness (QED) is 0.471. The Morgan fingerprint density at radius 1 is 1.11 bits per heavy atom. The monoisotopic (exact) mass is 537 g/mol. The van der Waals surface area contributed by atoms with Gasteiger partial charge in [0.25, 0.3) is 0 Å². The molecule has 0 fully saturated rings. The Balaban J connectivity index is 1.94. The van der Waals surface area contributed by atoms with Crippen molar-refractivity contribution in [2.24, 2.45) is 5.92 Å². The molecule has 2 aromatic carbocycles. The number of nitrogens with one attached hydrogen (secondary N) is 1. The predicted octanol–water partition coefficient (Wildman–Crippen LogP) is 3.41. The molecule has 0 saturated heterocycles. The summed E-state index contributed by atoms with van der Waals surface area (Å²) in [6, 6.07) is 10.9. The van der Waals surface area contributed by atoms with Crippen LogP contribution in [0.5, 0.6) is 11.5 Å². The van der Waals surface area contributed by atoms with Crippen LogP contribution in [0.15, 0.2) is 42.5 Å². The van der Waals surface area contributed by atoms with Crippen LogP contribution in [0, 0.1) is 5.92 Å². The third-order valence-electron chi connectivity index (χ3n) is 5.69. The Kier molecular flexibility index (Phi) is 9.08. The summed E-state index contributed by atoms with van der Waals surface area (Å²) in [5.41, 5.74) is 0.904. The van der Waals surface area contributed by atoms with Crippen LogP contribution in [-0.4, -0.2) is 57.3 Å². The van der Waals surface area contributed by atoms with Crippen molar-refractivity contribution >= 4 is 39.1 Å². The Bertz CT molecular complexity index is 1200. The fourth-order valence-electron chi connectivity index (χ4n) is 3.81. The number of amides is 2. The number of carbonyl (C=O) groups is 2. The Morgan fingerprint density at radius 3 is 2.44 bits per heavy atom. The Hall–Kier alpha value is -2.98. The van der Waals surface area contributed by atoms with Gasteiger partial charge in [-0.2, -0.15) is 0 Å². The average molecular weight is 538 g/mol. The minimum absolute atomic E-state index is 0.0336. The lowest BCUT2D eigenvalue weighted by Gasteiger charge is -2.33. The second kappa shape index (κ2) is 11.8. The zero-order valence-corrected chi connectivity index (χ0v) is 22.4. The van der Waals surface area contributed by atoms with E-state index in [1.54, 1.807) is 43.3 Å². The maximum absolute atomic E-state index is 13.7. The van der Waals surface area contributed by atoms with Crippen molar-refractivity contribution in [2.75, 3.05) is 30.4 Å². The maximum atomic E-state index is 13.7. The van der Waals surface area contributed by atoms with E-state index in [1.165, 1.54) is 11.0 Å². The number of nitrogens with zero attached hydrogens (tertiary/aromatic N) is 2. The molecule has 1 N–H and O–H groups in total. The molecular weight excluding hydrogens is 506 g/mol. The smallest absolute Gasteiger partial charge is 0.244 e. The molecule has 36 heavy (non-hydrogen) atoms. The maximum Gasteiger partial charge on any atom is 0.244 e. The molecule has 11 heteroatoms. The van der Waals surface area contributed by atoms with Gasteiger partial charge in [-0.1, -0.05) is 50.6 Å². The highest BCUT2D eigenvalue weighted by atomic mass is 35.5. The van der Waals surface area contributed by atoms with Crippen LogP contribution in [0.3, 0.4) is 0 Å². The molecule has 0 spiro atoms. The van der Waals surface area contributed by atoms with Gasteiger partial charge in [-0.3, -0.25) is 13.9 Å². The van der Waals surface area contributed by atoms with E-state index in [0.29, 0.717) is 35.1 Å². The molecule has 1 heterocycles. The average Bonchev–Trinajstić information content (AvgIpc) is 3.29. The fourth-order valence-corrected chi connectivity index (χ4v) is 4.84. The first-order valence-electron chi connectivity index (χ1n) is 11.7. The van der Waals surface area contributed by atoms with Crippen molar-refractivity contribution < 1.29 is 27.5 Å². The summed E-state index contributed by atoms with van der Waals surface area (Å²) < 4.78 is 37.1. The Labute approximate surface area is 217 Å². The normalized spacial score (nSPS) is 13.4. The van der Waals surface area contributed by atoms with Crippen LogP contribution in [0.4, 0.5) is 5.69 Å². The van der Waals surface area contributed by atoms with Crippen LogP contribution in [0.25, 0.3) is 0 Å². The summed E-state index contributed by atoms with van der Waals surface area (Å²) in [5.74, 6) is 0.267. The SMILES string of the molecule is CC[C@H](C(=O)NCC(C)C)N(Cc1ccccc1Cl)C(=O)CN(c1ccc2c(c1)OCO2)S(C)(=O)=O. The Morgan fingerprint density at radius 2 is 1.81 bits per heavy atom. The summed E-state index contributed by atoms with van der Waals surface area (Å²) in [6.45, 7) is 5.79. The molecule has 1 atom stereocenters. The van der Waals surface area contributed by atoms with Crippen LogP contribution >= 0.6 is 11.6 Å². The standard InChI is InChI=1S/C25H32ClN3O6S/c1-5-21(25(31)27-13-17(2)3)28(14-18-8-6-7-9-20(18)26)24(30)15-29(36(4,32)33)19-10-11-22-23(12-19)35-16-34-22/h6-12,17,21H,5,13-16H2,1-4H3,(H,27,31)/t21-/m1/s1. The van der Waals surface area contributed by atoms with Gasteiger partial charge in [-0.25, -0.2) is 8.42 Å². The molecule has 0 radical (unpaired) electrons. The van der Waals surface area contributed by atoms with Crippen molar-refractivity contribution in [3.63, 3.8) is 0 Å². The molecule has 0 aromatic heterocycles. The molecule has 0 aliphatic carbocycles. The summed E-state index contributed by atoms with van der Waals surface area (Å²) in [5, 5.41) is 3.33. The molecule has 1 aliphatic rings.